The molecule has 3 rings (SSSR count). The number of nitrogens with zero attached hydrogens (tertiary/aromatic N) is 4. The van der Waals surface area contributed by atoms with Gasteiger partial charge in [-0.25, -0.2) is 9.97 Å². The van der Waals surface area contributed by atoms with Crippen molar-refractivity contribution in [2.75, 3.05) is 20.2 Å². The summed E-state index contributed by atoms with van der Waals surface area (Å²) in [5.74, 6) is 1.64. The van der Waals surface area contributed by atoms with E-state index in [1.54, 1.807) is 13.2 Å². The van der Waals surface area contributed by atoms with Gasteiger partial charge >= 0.3 is 0 Å². The maximum Gasteiger partial charge on any atom is 0.234 e. The van der Waals surface area contributed by atoms with E-state index in [0.29, 0.717) is 23.3 Å². The van der Waals surface area contributed by atoms with Crippen molar-refractivity contribution in [1.29, 1.82) is 0 Å². The second kappa shape index (κ2) is 5.77. The minimum Gasteiger partial charge on any atom is -0.481 e. The lowest BCUT2D eigenvalue weighted by Crippen LogP contribution is -2.43. The van der Waals surface area contributed by atoms with Crippen LogP contribution in [0.1, 0.15) is 32.1 Å². The van der Waals surface area contributed by atoms with Gasteiger partial charge in [-0.1, -0.05) is 12.1 Å². The maximum atomic E-state index is 5.52. The molecule has 1 fully saturated rings. The van der Waals surface area contributed by atoms with Crippen molar-refractivity contribution >= 4 is 0 Å². The summed E-state index contributed by atoms with van der Waals surface area (Å²) < 4.78 is 10.6. The molecule has 0 bridgehead atoms. The summed E-state index contributed by atoms with van der Waals surface area (Å²) in [5.41, 5.74) is 0.535. The van der Waals surface area contributed by atoms with E-state index in [-0.39, 0.29) is 5.41 Å². The Balaban J connectivity index is 1.91. The molecule has 1 atom stereocenters. The van der Waals surface area contributed by atoms with Gasteiger partial charge in [-0.05, 0) is 25.8 Å². The Labute approximate surface area is 123 Å². The number of ether oxygens (including phenoxy) is 1. The quantitative estimate of drug-likeness (QED) is 0.914. The predicted molar refractivity (Wildman–Crippen MR) is 75.9 cm³/mol. The van der Waals surface area contributed by atoms with Gasteiger partial charge < -0.3 is 14.6 Å². The van der Waals surface area contributed by atoms with Gasteiger partial charge in [0.1, 0.15) is 12.0 Å². The van der Waals surface area contributed by atoms with Gasteiger partial charge in [0.05, 0.1) is 12.5 Å². The van der Waals surface area contributed by atoms with Gasteiger partial charge in [-0.15, -0.1) is 0 Å². The molecule has 7 heteroatoms. The Morgan fingerprint density at radius 3 is 3.05 bits per heavy atom. The fraction of sp³-hybridized carbons (Fsp3) is 0.571. The first-order valence-electron chi connectivity index (χ1n) is 7.19. The molecule has 2 aromatic heterocycles. The van der Waals surface area contributed by atoms with E-state index in [4.69, 9.17) is 9.26 Å². The summed E-state index contributed by atoms with van der Waals surface area (Å²) in [6.45, 7) is 4.08. The second-order valence-corrected chi connectivity index (χ2v) is 5.28. The first kappa shape index (κ1) is 13.9. The highest BCUT2D eigenvalue weighted by atomic mass is 16.5. The SMILES string of the molecule is CCC1(c2nc(-c3cc(OC)ncn3)no2)CCCNC1. The zero-order valence-electron chi connectivity index (χ0n) is 12.3. The van der Waals surface area contributed by atoms with E-state index in [1.807, 2.05) is 0 Å². The van der Waals surface area contributed by atoms with Gasteiger partial charge in [0.15, 0.2) is 0 Å². The minimum absolute atomic E-state index is 0.0688. The lowest BCUT2D eigenvalue weighted by molar-refractivity contribution is 0.221. The van der Waals surface area contributed by atoms with E-state index in [9.17, 15) is 0 Å². The predicted octanol–water partition coefficient (Wildman–Crippen LogP) is 1.57. The molecule has 1 N–H and O–H groups in total. The van der Waals surface area contributed by atoms with Gasteiger partial charge in [-0.3, -0.25) is 0 Å². The number of hydrogen-bond donors (Lipinski definition) is 1. The fourth-order valence-corrected chi connectivity index (χ4v) is 2.72. The van der Waals surface area contributed by atoms with Crippen LogP contribution in [0.25, 0.3) is 11.5 Å². The topological polar surface area (TPSA) is 86.0 Å². The second-order valence-electron chi connectivity index (χ2n) is 5.28. The van der Waals surface area contributed by atoms with Crippen molar-refractivity contribution in [2.24, 2.45) is 0 Å². The lowest BCUT2D eigenvalue weighted by atomic mass is 9.78. The molecule has 0 saturated carbocycles. The molecule has 112 valence electrons. The van der Waals surface area contributed by atoms with Crippen LogP contribution in [-0.2, 0) is 5.41 Å². The van der Waals surface area contributed by atoms with Crippen molar-refractivity contribution in [1.82, 2.24) is 25.4 Å². The van der Waals surface area contributed by atoms with E-state index < -0.39 is 0 Å². The molecule has 1 aliphatic heterocycles. The Bertz CT molecular complexity index is 607. The van der Waals surface area contributed by atoms with Crippen LogP contribution < -0.4 is 10.1 Å². The van der Waals surface area contributed by atoms with Crippen LogP contribution in [0.4, 0.5) is 0 Å². The third-order valence-electron chi connectivity index (χ3n) is 4.11. The Kier molecular flexibility index (Phi) is 3.83. The van der Waals surface area contributed by atoms with Gasteiger partial charge in [0.2, 0.25) is 17.6 Å². The molecule has 2 aromatic rings. The monoisotopic (exact) mass is 289 g/mol. The van der Waals surface area contributed by atoms with Crippen LogP contribution in [0.3, 0.4) is 0 Å². The third kappa shape index (κ3) is 2.61. The summed E-state index contributed by atoms with van der Waals surface area (Å²) in [7, 11) is 1.56. The van der Waals surface area contributed by atoms with Crippen LogP contribution in [-0.4, -0.2) is 40.3 Å². The average molecular weight is 289 g/mol. The van der Waals surface area contributed by atoms with E-state index in [1.165, 1.54) is 6.33 Å². The molecule has 0 aromatic carbocycles. The van der Waals surface area contributed by atoms with Crippen molar-refractivity contribution in [3.05, 3.63) is 18.3 Å². The van der Waals surface area contributed by atoms with Gasteiger partial charge in [0, 0.05) is 12.6 Å². The summed E-state index contributed by atoms with van der Waals surface area (Å²) in [6.07, 6.45) is 4.58. The largest absolute Gasteiger partial charge is 0.481 e. The van der Waals surface area contributed by atoms with Gasteiger partial charge in [0.25, 0.3) is 0 Å². The van der Waals surface area contributed by atoms with Crippen molar-refractivity contribution in [3.63, 3.8) is 0 Å². The first-order chi connectivity index (χ1) is 10.3. The summed E-state index contributed by atoms with van der Waals surface area (Å²) in [4.78, 5) is 12.7. The maximum absolute atomic E-state index is 5.52. The molecule has 0 amide bonds. The number of aromatic nitrogens is 4. The molecule has 1 saturated heterocycles. The Morgan fingerprint density at radius 2 is 2.33 bits per heavy atom. The first-order valence-corrected chi connectivity index (χ1v) is 7.19. The molecule has 3 heterocycles. The zero-order valence-corrected chi connectivity index (χ0v) is 12.3. The van der Waals surface area contributed by atoms with Crippen LogP contribution in [0.15, 0.2) is 16.9 Å². The highest BCUT2D eigenvalue weighted by Gasteiger charge is 2.37. The summed E-state index contributed by atoms with van der Waals surface area (Å²) in [6, 6.07) is 1.70. The van der Waals surface area contributed by atoms with Crippen molar-refractivity contribution in [3.8, 4) is 17.4 Å². The minimum atomic E-state index is -0.0688. The number of rotatable bonds is 4. The Hall–Kier alpha value is -2.02. The zero-order chi connectivity index (χ0) is 14.7. The number of hydrogen-bond acceptors (Lipinski definition) is 7. The van der Waals surface area contributed by atoms with Crippen molar-refractivity contribution < 1.29 is 9.26 Å². The number of piperidine rings is 1. The average Bonchev–Trinajstić information content (AvgIpc) is 3.06. The molecule has 0 spiro atoms. The molecule has 7 nitrogen and oxygen atoms in total. The molecule has 0 radical (unpaired) electrons. The molecular formula is C14H19N5O2. The number of nitrogens with one attached hydrogen (secondary N) is 1. The number of methoxy groups -OCH3 is 1. The lowest BCUT2D eigenvalue weighted by Gasteiger charge is -2.33. The molecule has 21 heavy (non-hydrogen) atoms. The Morgan fingerprint density at radius 1 is 1.43 bits per heavy atom. The fourth-order valence-electron chi connectivity index (χ4n) is 2.72. The van der Waals surface area contributed by atoms with Crippen LogP contribution in [0, 0.1) is 0 Å². The van der Waals surface area contributed by atoms with E-state index >= 15 is 0 Å². The van der Waals surface area contributed by atoms with Crippen LogP contribution >= 0.6 is 0 Å². The van der Waals surface area contributed by atoms with E-state index in [2.05, 4.69) is 32.3 Å². The van der Waals surface area contributed by atoms with E-state index in [0.717, 1.165) is 32.4 Å². The van der Waals surface area contributed by atoms with Crippen molar-refractivity contribution in [2.45, 2.75) is 31.6 Å². The normalized spacial score (nSPS) is 22.2. The smallest absolute Gasteiger partial charge is 0.234 e. The molecule has 1 unspecified atom stereocenters. The summed E-state index contributed by atoms with van der Waals surface area (Å²) in [5, 5.41) is 7.49. The van der Waals surface area contributed by atoms with Crippen LogP contribution in [0.5, 0.6) is 5.88 Å². The van der Waals surface area contributed by atoms with Crippen LogP contribution in [0.2, 0.25) is 0 Å². The standard InChI is InChI=1S/C14H19N5O2/c1-3-14(5-4-6-15-8-14)13-18-12(19-21-13)10-7-11(20-2)17-9-16-10/h7,9,15H,3-6,8H2,1-2H3. The molecule has 1 aliphatic rings. The molecule has 0 aliphatic carbocycles. The highest BCUT2D eigenvalue weighted by Crippen LogP contribution is 2.34. The third-order valence-corrected chi connectivity index (χ3v) is 4.11. The molecular weight excluding hydrogens is 270 g/mol. The van der Waals surface area contributed by atoms with Gasteiger partial charge in [-0.2, -0.15) is 4.98 Å². The highest BCUT2D eigenvalue weighted by molar-refractivity contribution is 5.49. The summed E-state index contributed by atoms with van der Waals surface area (Å²) >= 11 is 0.